The first-order chi connectivity index (χ1) is 14.4. The number of aromatic carboxylic acids is 1. The van der Waals surface area contributed by atoms with Crippen LogP contribution in [-0.2, 0) is 0 Å². The summed E-state index contributed by atoms with van der Waals surface area (Å²) in [5.41, 5.74) is 1.70. The van der Waals surface area contributed by atoms with E-state index in [1.165, 1.54) is 18.3 Å². The molecule has 1 heterocycles. The number of rotatable bonds is 6. The molecule has 0 aliphatic carbocycles. The number of aromatic hydroxyl groups is 1. The number of aromatic amines is 1. The van der Waals surface area contributed by atoms with Crippen molar-refractivity contribution in [2.24, 2.45) is 0 Å². The monoisotopic (exact) mass is 405 g/mol. The zero-order chi connectivity index (χ0) is 21.7. The highest BCUT2D eigenvalue weighted by Gasteiger charge is 2.13. The molecule has 3 aromatic rings. The van der Waals surface area contributed by atoms with Gasteiger partial charge in [0.15, 0.2) is 0 Å². The number of nitrogens with zero attached hydrogens (tertiary/aromatic N) is 4. The number of amides is 1. The van der Waals surface area contributed by atoms with E-state index in [2.05, 4.69) is 31.3 Å². The van der Waals surface area contributed by atoms with Crippen molar-refractivity contribution < 1.29 is 19.8 Å². The smallest absolute Gasteiger partial charge is 0.339 e. The van der Waals surface area contributed by atoms with E-state index < -0.39 is 17.6 Å². The Morgan fingerprint density at radius 1 is 1.23 bits per heavy atom. The Morgan fingerprint density at radius 3 is 2.70 bits per heavy atom. The highest BCUT2D eigenvalue weighted by atomic mass is 16.4. The molecule has 5 N–H and O–H groups in total. The maximum Gasteiger partial charge on any atom is 0.339 e. The quantitative estimate of drug-likeness (QED) is 0.303. The van der Waals surface area contributed by atoms with Gasteiger partial charge in [-0.2, -0.15) is 10.5 Å². The fourth-order valence-electron chi connectivity index (χ4n) is 2.48. The van der Waals surface area contributed by atoms with Gasteiger partial charge in [-0.1, -0.05) is 6.07 Å². The summed E-state index contributed by atoms with van der Waals surface area (Å²) in [5.74, 6) is -2.07. The summed E-state index contributed by atoms with van der Waals surface area (Å²) >= 11 is 0. The average molecular weight is 405 g/mol. The third-order valence-electron chi connectivity index (χ3n) is 4.06. The fourth-order valence-corrected chi connectivity index (χ4v) is 2.48. The van der Waals surface area contributed by atoms with E-state index >= 15 is 0 Å². The number of hydrogen-bond acceptors (Lipinski definition) is 8. The van der Waals surface area contributed by atoms with Crippen molar-refractivity contribution in [3.05, 3.63) is 65.1 Å². The lowest BCUT2D eigenvalue weighted by Crippen LogP contribution is -2.13. The molecule has 1 amide bonds. The minimum Gasteiger partial charge on any atom is -0.507 e. The van der Waals surface area contributed by atoms with Crippen molar-refractivity contribution in [2.45, 2.75) is 6.92 Å². The Balaban J connectivity index is 1.81. The van der Waals surface area contributed by atoms with Gasteiger partial charge in [0.1, 0.15) is 23.0 Å². The molecule has 11 nitrogen and oxygen atoms in total. The molecule has 1 aromatic heterocycles. The first kappa shape index (κ1) is 20.0. The third-order valence-corrected chi connectivity index (χ3v) is 4.06. The lowest BCUT2D eigenvalue weighted by Gasteiger charge is -2.10. The van der Waals surface area contributed by atoms with Crippen LogP contribution in [0.25, 0.3) is 5.57 Å². The van der Waals surface area contributed by atoms with Crippen LogP contribution in [0, 0.1) is 18.3 Å². The number of H-pyrrole nitrogens is 1. The molecule has 0 saturated heterocycles. The number of carboxylic acids is 1. The van der Waals surface area contributed by atoms with Gasteiger partial charge in [-0.05, 0) is 48.0 Å². The molecule has 0 aliphatic rings. The van der Waals surface area contributed by atoms with E-state index in [1.807, 2.05) is 13.0 Å². The van der Waals surface area contributed by atoms with Crippen LogP contribution in [0.3, 0.4) is 0 Å². The van der Waals surface area contributed by atoms with Crippen LogP contribution in [0.15, 0.2) is 42.6 Å². The summed E-state index contributed by atoms with van der Waals surface area (Å²) in [4.78, 5) is 23.7. The molecule has 0 aliphatic heterocycles. The first-order valence-corrected chi connectivity index (χ1v) is 8.48. The number of benzene rings is 2. The molecule has 0 spiro atoms. The minimum atomic E-state index is -1.31. The van der Waals surface area contributed by atoms with E-state index in [9.17, 15) is 20.0 Å². The van der Waals surface area contributed by atoms with Gasteiger partial charge in [-0.25, -0.2) is 4.79 Å². The summed E-state index contributed by atoms with van der Waals surface area (Å²) in [6.07, 6.45) is 1.40. The van der Waals surface area contributed by atoms with Crippen LogP contribution in [0.5, 0.6) is 5.75 Å². The van der Waals surface area contributed by atoms with E-state index in [0.29, 0.717) is 11.3 Å². The van der Waals surface area contributed by atoms with E-state index in [-0.39, 0.29) is 22.6 Å². The molecule has 30 heavy (non-hydrogen) atoms. The second kappa shape index (κ2) is 8.53. The Bertz CT molecular complexity index is 1180. The highest BCUT2D eigenvalue weighted by Crippen LogP contribution is 2.23. The summed E-state index contributed by atoms with van der Waals surface area (Å²) in [7, 11) is 0. The maximum atomic E-state index is 12.6. The molecule has 0 radical (unpaired) electrons. The number of aromatic nitrogens is 4. The van der Waals surface area contributed by atoms with Gasteiger partial charge in [-0.3, -0.25) is 4.79 Å². The van der Waals surface area contributed by atoms with Gasteiger partial charge in [0.2, 0.25) is 5.82 Å². The van der Waals surface area contributed by atoms with E-state index in [4.69, 9.17) is 5.11 Å². The van der Waals surface area contributed by atoms with E-state index in [0.717, 1.165) is 11.6 Å². The van der Waals surface area contributed by atoms with Crippen LogP contribution in [0.4, 0.5) is 11.4 Å². The van der Waals surface area contributed by atoms with E-state index in [1.54, 1.807) is 18.2 Å². The van der Waals surface area contributed by atoms with Crippen LogP contribution < -0.4 is 10.6 Å². The van der Waals surface area contributed by atoms with Crippen molar-refractivity contribution in [3.63, 3.8) is 0 Å². The normalized spacial score (nSPS) is 10.9. The molecule has 0 fully saturated rings. The Morgan fingerprint density at radius 2 is 2.03 bits per heavy atom. The van der Waals surface area contributed by atoms with Crippen LogP contribution >= 0.6 is 0 Å². The summed E-state index contributed by atoms with van der Waals surface area (Å²) in [5, 5.41) is 46.5. The fraction of sp³-hybridized carbons (Fsp3) is 0.0526. The predicted octanol–water partition coefficient (Wildman–Crippen LogP) is 2.14. The minimum absolute atomic E-state index is 0.123. The molecule has 0 atom stereocenters. The molecular formula is C19H15N7O4. The Hall–Kier alpha value is -4.72. The number of hydrogen-bond donors (Lipinski definition) is 5. The number of phenols is 1. The van der Waals surface area contributed by atoms with Crippen molar-refractivity contribution in [3.8, 4) is 11.8 Å². The number of carboxylic acid groups (broad SMARTS) is 1. The second-order valence-corrected chi connectivity index (χ2v) is 6.07. The standard InChI is InChI=1S/C19H15N7O4/c1-10-2-3-11(6-15(10)21-9-12(8-20)17-23-25-26-24-17)18(28)22-13-4-5-16(27)14(7-13)19(29)30/h2-7,9,21,27H,1H3,(H,22,28)(H,29,30)(H,23,24,25,26). The lowest BCUT2D eigenvalue weighted by molar-refractivity contribution is 0.0693. The number of tetrazole rings is 1. The predicted molar refractivity (Wildman–Crippen MR) is 106 cm³/mol. The van der Waals surface area contributed by atoms with Crippen LogP contribution in [0.1, 0.15) is 32.1 Å². The largest absolute Gasteiger partial charge is 0.507 e. The number of nitrogens with one attached hydrogen (secondary N) is 3. The zero-order valence-electron chi connectivity index (χ0n) is 15.5. The molecular weight excluding hydrogens is 390 g/mol. The molecule has 2 aromatic carbocycles. The van der Waals surface area contributed by atoms with Crippen molar-refractivity contribution in [1.82, 2.24) is 20.6 Å². The molecule has 11 heteroatoms. The topological polar surface area (TPSA) is 177 Å². The highest BCUT2D eigenvalue weighted by molar-refractivity contribution is 6.05. The summed E-state index contributed by atoms with van der Waals surface area (Å²) in [6.45, 7) is 1.82. The molecule has 0 bridgehead atoms. The first-order valence-electron chi connectivity index (χ1n) is 8.48. The summed E-state index contributed by atoms with van der Waals surface area (Å²) in [6, 6.07) is 10.6. The average Bonchev–Trinajstić information content (AvgIpc) is 3.25. The van der Waals surface area contributed by atoms with Crippen molar-refractivity contribution >= 4 is 28.8 Å². The van der Waals surface area contributed by atoms with Gasteiger partial charge in [0.25, 0.3) is 5.91 Å². The van der Waals surface area contributed by atoms with Crippen LogP contribution in [0.2, 0.25) is 0 Å². The van der Waals surface area contributed by atoms with Crippen LogP contribution in [-0.4, -0.2) is 42.7 Å². The maximum absolute atomic E-state index is 12.6. The zero-order valence-corrected chi connectivity index (χ0v) is 15.5. The van der Waals surface area contributed by atoms with Gasteiger partial charge < -0.3 is 20.8 Å². The SMILES string of the molecule is Cc1ccc(C(=O)Nc2ccc(O)c(C(=O)O)c2)cc1NC=C(C#N)c1nn[nH]n1. The van der Waals surface area contributed by atoms with Gasteiger partial charge in [-0.15, -0.1) is 10.2 Å². The molecule has 150 valence electrons. The second-order valence-electron chi connectivity index (χ2n) is 6.07. The number of anilines is 2. The van der Waals surface area contributed by atoms with Gasteiger partial charge in [0, 0.05) is 23.1 Å². The summed E-state index contributed by atoms with van der Waals surface area (Å²) < 4.78 is 0. The number of aryl methyl sites for hydroxylation is 1. The lowest BCUT2D eigenvalue weighted by atomic mass is 10.1. The number of nitriles is 1. The van der Waals surface area contributed by atoms with Crippen molar-refractivity contribution in [2.75, 3.05) is 10.6 Å². The Kier molecular flexibility index (Phi) is 5.69. The van der Waals surface area contributed by atoms with Gasteiger partial charge in [0.05, 0.1) is 0 Å². The number of carbonyl (C=O) groups is 2. The third kappa shape index (κ3) is 4.39. The number of carbonyl (C=O) groups excluding carboxylic acids is 1. The molecule has 3 rings (SSSR count). The molecule has 0 unspecified atom stereocenters. The van der Waals surface area contributed by atoms with Crippen molar-refractivity contribution in [1.29, 1.82) is 5.26 Å². The molecule has 0 saturated carbocycles. The number of allylic oxidation sites excluding steroid dienone is 1. The Labute approximate surface area is 169 Å². The van der Waals surface area contributed by atoms with Gasteiger partial charge >= 0.3 is 5.97 Å².